The van der Waals surface area contributed by atoms with E-state index >= 15 is 0 Å². The number of fused-ring (bicyclic) bond motifs is 7. The molecule has 0 saturated heterocycles. The summed E-state index contributed by atoms with van der Waals surface area (Å²) in [6.45, 7) is 6.76. The summed E-state index contributed by atoms with van der Waals surface area (Å²) in [6.07, 6.45) is 1.95. The highest BCUT2D eigenvalue weighted by atomic mass is 15.1. The molecule has 57 heavy (non-hydrogen) atoms. The van der Waals surface area contributed by atoms with Gasteiger partial charge in [0.05, 0.1) is 27.6 Å². The van der Waals surface area contributed by atoms with Crippen LogP contribution >= 0.6 is 0 Å². The summed E-state index contributed by atoms with van der Waals surface area (Å²) >= 11 is 0. The molecule has 0 aliphatic rings. The zero-order valence-electron chi connectivity index (χ0n) is 32.0. The fourth-order valence-corrected chi connectivity index (χ4v) is 8.66. The Morgan fingerprint density at radius 1 is 0.491 bits per heavy atom. The lowest BCUT2D eigenvalue weighted by Gasteiger charge is -2.20. The molecule has 0 bridgehead atoms. The first kappa shape index (κ1) is 33.1. The van der Waals surface area contributed by atoms with Gasteiger partial charge in [-0.3, -0.25) is 9.13 Å². The lowest BCUT2D eigenvalue weighted by atomic mass is 9.88. The number of hydrogen-bond donors (Lipinski definition) is 1. The maximum Gasteiger partial charge on any atom is 0.147 e. The van der Waals surface area contributed by atoms with Gasteiger partial charge in [-0.2, -0.15) is 0 Å². The Kier molecular flexibility index (Phi) is 7.35. The number of benzene rings is 7. The predicted octanol–water partition coefficient (Wildman–Crippen LogP) is 13.5. The average molecular weight is 734 g/mol. The minimum absolute atomic E-state index is 0.0236. The molecule has 0 aliphatic carbocycles. The molecule has 4 heterocycles. The van der Waals surface area contributed by atoms with Gasteiger partial charge in [0, 0.05) is 50.1 Å². The van der Waals surface area contributed by atoms with Crippen molar-refractivity contribution in [2.75, 3.05) is 0 Å². The van der Waals surface area contributed by atoms with Crippen molar-refractivity contribution < 1.29 is 0 Å². The second-order valence-corrected chi connectivity index (χ2v) is 16.0. The molecule has 11 rings (SSSR count). The van der Waals surface area contributed by atoms with Gasteiger partial charge in [0.15, 0.2) is 0 Å². The maximum atomic E-state index is 5.57. The Bertz CT molecular complexity index is 3320. The number of imidazole rings is 1. The number of rotatable bonds is 5. The summed E-state index contributed by atoms with van der Waals surface area (Å²) in [4.78, 5) is 14.3. The maximum absolute atomic E-state index is 5.57. The molecule has 0 radical (unpaired) electrons. The van der Waals surface area contributed by atoms with Crippen molar-refractivity contribution in [3.8, 4) is 45.1 Å². The first-order valence-corrected chi connectivity index (χ1v) is 19.6. The van der Waals surface area contributed by atoms with E-state index in [2.05, 4.69) is 205 Å². The summed E-state index contributed by atoms with van der Waals surface area (Å²) in [5.74, 6) is 1.81. The van der Waals surface area contributed by atoms with Crippen molar-refractivity contribution in [3.05, 3.63) is 182 Å². The third kappa shape index (κ3) is 5.31. The Hall–Kier alpha value is -7.24. The van der Waals surface area contributed by atoms with E-state index in [0.717, 1.165) is 67.1 Å². The van der Waals surface area contributed by atoms with Crippen LogP contribution in [0.15, 0.2) is 176 Å². The lowest BCUT2D eigenvalue weighted by Crippen LogP contribution is -2.12. The third-order valence-electron chi connectivity index (χ3n) is 11.5. The highest BCUT2D eigenvalue weighted by Gasteiger charge is 2.22. The zero-order valence-corrected chi connectivity index (χ0v) is 32.0. The molecule has 0 aliphatic heterocycles. The number of hydrogen-bond acceptors (Lipinski definition) is 2. The van der Waals surface area contributed by atoms with Crippen molar-refractivity contribution >= 4 is 54.6 Å². The van der Waals surface area contributed by atoms with E-state index in [1.807, 2.05) is 6.20 Å². The number of para-hydroxylation sites is 4. The van der Waals surface area contributed by atoms with E-state index < -0.39 is 0 Å². The van der Waals surface area contributed by atoms with Gasteiger partial charge in [-0.1, -0.05) is 130 Å². The summed E-state index contributed by atoms with van der Waals surface area (Å²) < 4.78 is 4.64. The quantitative estimate of drug-likeness (QED) is 0.191. The van der Waals surface area contributed by atoms with Crippen molar-refractivity contribution in [1.29, 1.82) is 0 Å². The van der Waals surface area contributed by atoms with Crippen LogP contribution in [0.1, 0.15) is 26.3 Å². The normalized spacial score (nSPS) is 12.1. The SMILES string of the molecule is CC(C)(C)c1ccnc(-n2c3ccc(-c4ccccc4)cc3c3ccc(-c4cccc5c4nc(-c4cccc6c4[nH]c4ccccc46)n5-c4ccccc4)cc32)c1. The van der Waals surface area contributed by atoms with E-state index in [1.54, 1.807) is 0 Å². The Labute approximate surface area is 330 Å². The molecule has 1 N–H and O–H groups in total. The predicted molar refractivity (Wildman–Crippen MR) is 238 cm³/mol. The van der Waals surface area contributed by atoms with Crippen LogP contribution in [0.5, 0.6) is 0 Å². The van der Waals surface area contributed by atoms with E-state index in [1.165, 1.54) is 38.2 Å². The van der Waals surface area contributed by atoms with Gasteiger partial charge in [0.25, 0.3) is 0 Å². The summed E-state index contributed by atoms with van der Waals surface area (Å²) in [5, 5.41) is 4.77. The Balaban J connectivity index is 1.17. The largest absolute Gasteiger partial charge is 0.354 e. The first-order chi connectivity index (χ1) is 27.9. The summed E-state index contributed by atoms with van der Waals surface area (Å²) in [5.41, 5.74) is 14.3. The second-order valence-electron chi connectivity index (χ2n) is 16.0. The van der Waals surface area contributed by atoms with Crippen LogP contribution in [0.4, 0.5) is 0 Å². The van der Waals surface area contributed by atoms with Crippen LogP contribution in [-0.4, -0.2) is 24.1 Å². The van der Waals surface area contributed by atoms with Gasteiger partial charge >= 0.3 is 0 Å². The highest BCUT2D eigenvalue weighted by Crippen LogP contribution is 2.41. The molecule has 11 aromatic rings. The second kappa shape index (κ2) is 12.7. The molecule has 4 aromatic heterocycles. The highest BCUT2D eigenvalue weighted by molar-refractivity contribution is 6.13. The van der Waals surface area contributed by atoms with Crippen LogP contribution in [0, 0.1) is 0 Å². The molecule has 0 amide bonds. The molecule has 0 fully saturated rings. The van der Waals surface area contributed by atoms with Gasteiger partial charge < -0.3 is 4.98 Å². The van der Waals surface area contributed by atoms with E-state index in [0.29, 0.717) is 0 Å². The van der Waals surface area contributed by atoms with Crippen molar-refractivity contribution in [1.82, 2.24) is 24.1 Å². The van der Waals surface area contributed by atoms with Crippen LogP contribution in [0.2, 0.25) is 0 Å². The van der Waals surface area contributed by atoms with Crippen LogP contribution in [0.3, 0.4) is 0 Å². The Morgan fingerprint density at radius 2 is 1.23 bits per heavy atom. The molecule has 7 aromatic carbocycles. The minimum atomic E-state index is -0.0236. The number of nitrogens with zero attached hydrogens (tertiary/aromatic N) is 4. The molecular weight excluding hydrogens is 695 g/mol. The van der Waals surface area contributed by atoms with Crippen molar-refractivity contribution in [2.24, 2.45) is 0 Å². The smallest absolute Gasteiger partial charge is 0.147 e. The lowest BCUT2D eigenvalue weighted by molar-refractivity contribution is 0.588. The topological polar surface area (TPSA) is 51.4 Å². The third-order valence-corrected chi connectivity index (χ3v) is 11.5. The monoisotopic (exact) mass is 733 g/mol. The molecule has 0 unspecified atom stereocenters. The number of aromatic nitrogens is 5. The van der Waals surface area contributed by atoms with E-state index in [-0.39, 0.29) is 5.41 Å². The van der Waals surface area contributed by atoms with E-state index in [4.69, 9.17) is 9.97 Å². The molecule has 272 valence electrons. The number of nitrogens with one attached hydrogen (secondary N) is 1. The summed E-state index contributed by atoms with van der Waals surface area (Å²) in [6, 6.07) is 60.9. The molecule has 0 atom stereocenters. The molecule has 5 nitrogen and oxygen atoms in total. The minimum Gasteiger partial charge on any atom is -0.354 e. The molecule has 0 spiro atoms. The van der Waals surface area contributed by atoms with E-state index in [9.17, 15) is 0 Å². The van der Waals surface area contributed by atoms with Gasteiger partial charge in [-0.05, 0) is 88.3 Å². The van der Waals surface area contributed by atoms with Crippen LogP contribution < -0.4 is 0 Å². The zero-order chi connectivity index (χ0) is 38.3. The van der Waals surface area contributed by atoms with Crippen molar-refractivity contribution in [3.63, 3.8) is 0 Å². The number of aromatic amines is 1. The molecule has 0 saturated carbocycles. The van der Waals surface area contributed by atoms with Gasteiger partial charge in [0.1, 0.15) is 11.6 Å². The van der Waals surface area contributed by atoms with Crippen molar-refractivity contribution in [2.45, 2.75) is 26.2 Å². The molecule has 5 heteroatoms. The van der Waals surface area contributed by atoms with Gasteiger partial charge in [0.2, 0.25) is 0 Å². The number of H-pyrrole nitrogens is 1. The van der Waals surface area contributed by atoms with Gasteiger partial charge in [-0.25, -0.2) is 9.97 Å². The van der Waals surface area contributed by atoms with Crippen LogP contribution in [-0.2, 0) is 5.41 Å². The van der Waals surface area contributed by atoms with Gasteiger partial charge in [-0.15, -0.1) is 0 Å². The fourth-order valence-electron chi connectivity index (χ4n) is 8.66. The average Bonchev–Trinajstić information content (AvgIpc) is 3.93. The standard InChI is InChI=1S/C52H39N5/c1-52(2,3)36-28-29-53-48(32-36)57-45-27-25-34(33-14-6-4-7-15-33)30-43(45)40-26-24-35(31-47(40)57)38-19-13-23-46-50(38)55-51(56(46)37-16-8-5-9-17-37)42-21-12-20-41-39-18-10-11-22-44(39)54-49(41)42/h4-32,54H,1-3H3. The summed E-state index contributed by atoms with van der Waals surface area (Å²) in [7, 11) is 0. The first-order valence-electron chi connectivity index (χ1n) is 19.6. The molecular formula is C52H39N5. The Morgan fingerprint density at radius 3 is 2.07 bits per heavy atom. The van der Waals surface area contributed by atoms with Crippen LogP contribution in [0.25, 0.3) is 99.8 Å². The fraction of sp³-hybridized carbons (Fsp3) is 0.0769. The number of pyridine rings is 1.